The third-order valence-electron chi connectivity index (χ3n) is 3.72. The quantitative estimate of drug-likeness (QED) is 0.372. The molecule has 1 aromatic carbocycles. The Morgan fingerprint density at radius 2 is 2.00 bits per heavy atom. The number of nitrogens with one attached hydrogen (secondary N) is 2. The van der Waals surface area contributed by atoms with E-state index < -0.39 is 4.92 Å². The fourth-order valence-electron chi connectivity index (χ4n) is 2.41. The number of nitrogens with zero attached hydrogens (tertiary/aromatic N) is 4. The van der Waals surface area contributed by atoms with Crippen molar-refractivity contribution < 1.29 is 9.72 Å². The summed E-state index contributed by atoms with van der Waals surface area (Å²) < 4.78 is 0. The van der Waals surface area contributed by atoms with E-state index in [1.165, 1.54) is 13.3 Å². The molecule has 0 saturated heterocycles. The first-order valence-corrected chi connectivity index (χ1v) is 8.05. The van der Waals surface area contributed by atoms with Crippen LogP contribution in [0, 0.1) is 10.1 Å². The van der Waals surface area contributed by atoms with Crippen molar-refractivity contribution in [2.45, 2.75) is 13.5 Å². The lowest BCUT2D eigenvalue weighted by Crippen LogP contribution is -2.08. The fraction of sp³-hybridized carbons (Fsp3) is 0.111. The molecule has 0 radical (unpaired) electrons. The zero-order valence-corrected chi connectivity index (χ0v) is 14.4. The number of aromatic nitrogens is 3. The molecule has 0 aliphatic rings. The Kier molecular flexibility index (Phi) is 5.31. The molecule has 3 rings (SSSR count). The Balaban J connectivity index is 1.88. The van der Waals surface area contributed by atoms with E-state index in [0.29, 0.717) is 17.8 Å². The van der Waals surface area contributed by atoms with Gasteiger partial charge in [0, 0.05) is 30.2 Å². The summed E-state index contributed by atoms with van der Waals surface area (Å²) in [6.07, 6.45) is 4.54. The lowest BCUT2D eigenvalue weighted by molar-refractivity contribution is -0.383. The molecule has 0 fully saturated rings. The van der Waals surface area contributed by atoms with Crippen LogP contribution in [0.1, 0.15) is 22.8 Å². The van der Waals surface area contributed by atoms with Crippen LogP contribution in [0.5, 0.6) is 0 Å². The van der Waals surface area contributed by atoms with Crippen molar-refractivity contribution in [2.24, 2.45) is 0 Å². The molecule has 2 heterocycles. The molecule has 2 aromatic heterocycles. The topological polar surface area (TPSA) is 123 Å². The van der Waals surface area contributed by atoms with Crippen molar-refractivity contribution in [1.82, 2.24) is 15.0 Å². The van der Waals surface area contributed by atoms with Gasteiger partial charge in [0.05, 0.1) is 4.92 Å². The summed E-state index contributed by atoms with van der Waals surface area (Å²) in [6, 6.07) is 10.3. The molecule has 0 atom stereocenters. The third-order valence-corrected chi connectivity index (χ3v) is 3.72. The zero-order chi connectivity index (χ0) is 19.2. The monoisotopic (exact) mass is 364 g/mol. The molecule has 0 saturated carbocycles. The molecule has 0 aliphatic heterocycles. The SMILES string of the molecule is CC(=O)c1cccc(Nc2ncnc(NCc3cccnc3)c2[N+](=O)[O-])c1. The molecule has 136 valence electrons. The number of anilines is 3. The third kappa shape index (κ3) is 4.40. The molecule has 2 N–H and O–H groups in total. The maximum Gasteiger partial charge on any atom is 0.353 e. The second-order valence-electron chi connectivity index (χ2n) is 5.65. The molecule has 0 spiro atoms. The summed E-state index contributed by atoms with van der Waals surface area (Å²) in [4.78, 5) is 34.5. The number of ketones is 1. The second-order valence-corrected chi connectivity index (χ2v) is 5.65. The standard InChI is InChI=1S/C18H16N6O3/c1-12(25)14-5-2-6-15(8-14)23-18-16(24(26)27)17(21-11-22-18)20-10-13-4-3-7-19-9-13/h2-9,11H,10H2,1H3,(H2,20,21,22,23). The van der Waals surface area contributed by atoms with Gasteiger partial charge in [0.2, 0.25) is 11.6 Å². The number of hydrogen-bond acceptors (Lipinski definition) is 8. The van der Waals surface area contributed by atoms with Gasteiger partial charge in [-0.3, -0.25) is 19.9 Å². The summed E-state index contributed by atoms with van der Waals surface area (Å²) in [6.45, 7) is 1.78. The Morgan fingerprint density at radius 1 is 1.19 bits per heavy atom. The van der Waals surface area contributed by atoms with E-state index in [0.717, 1.165) is 5.56 Å². The smallest absolute Gasteiger partial charge is 0.353 e. The Morgan fingerprint density at radius 3 is 2.70 bits per heavy atom. The minimum atomic E-state index is -0.553. The van der Waals surface area contributed by atoms with Crippen LogP contribution in [0.2, 0.25) is 0 Å². The minimum absolute atomic E-state index is 0.0318. The molecule has 27 heavy (non-hydrogen) atoms. The number of pyridine rings is 1. The molecule has 9 heteroatoms. The van der Waals surface area contributed by atoms with E-state index in [4.69, 9.17) is 0 Å². The molecular formula is C18H16N6O3. The molecular weight excluding hydrogens is 348 g/mol. The molecule has 0 amide bonds. The molecule has 9 nitrogen and oxygen atoms in total. The van der Waals surface area contributed by atoms with Crippen LogP contribution >= 0.6 is 0 Å². The highest BCUT2D eigenvalue weighted by molar-refractivity contribution is 5.95. The van der Waals surface area contributed by atoms with Crippen LogP contribution in [-0.4, -0.2) is 25.7 Å². The van der Waals surface area contributed by atoms with E-state index in [-0.39, 0.29) is 23.1 Å². The first kappa shape index (κ1) is 17.9. The number of carbonyl (C=O) groups excluding carboxylic acids is 1. The van der Waals surface area contributed by atoms with Crippen LogP contribution < -0.4 is 10.6 Å². The average molecular weight is 364 g/mol. The van der Waals surface area contributed by atoms with Crippen molar-refractivity contribution in [3.63, 3.8) is 0 Å². The van der Waals surface area contributed by atoms with E-state index in [1.54, 1.807) is 42.7 Å². The summed E-state index contributed by atoms with van der Waals surface area (Å²) >= 11 is 0. The number of benzene rings is 1. The van der Waals surface area contributed by atoms with Crippen molar-refractivity contribution in [3.05, 3.63) is 76.4 Å². The lowest BCUT2D eigenvalue weighted by atomic mass is 10.1. The maximum atomic E-state index is 11.6. The average Bonchev–Trinajstić information content (AvgIpc) is 2.67. The van der Waals surface area contributed by atoms with Gasteiger partial charge in [-0.25, -0.2) is 9.97 Å². The summed E-state index contributed by atoms with van der Waals surface area (Å²) in [7, 11) is 0. The van der Waals surface area contributed by atoms with Crippen LogP contribution in [0.15, 0.2) is 55.1 Å². The second kappa shape index (κ2) is 8.00. The van der Waals surface area contributed by atoms with Crippen LogP contribution in [-0.2, 0) is 6.54 Å². The van der Waals surface area contributed by atoms with Crippen LogP contribution in [0.25, 0.3) is 0 Å². The summed E-state index contributed by atoms with van der Waals surface area (Å²) in [5, 5.41) is 17.4. The highest BCUT2D eigenvalue weighted by Crippen LogP contribution is 2.31. The maximum absolute atomic E-state index is 11.6. The van der Waals surface area contributed by atoms with Crippen LogP contribution in [0.4, 0.5) is 23.0 Å². The predicted octanol–water partition coefficient (Wildman–Crippen LogP) is 3.34. The predicted molar refractivity (Wildman–Crippen MR) is 100.0 cm³/mol. The highest BCUT2D eigenvalue weighted by Gasteiger charge is 2.23. The van der Waals surface area contributed by atoms with Crippen molar-refractivity contribution in [3.8, 4) is 0 Å². The van der Waals surface area contributed by atoms with Crippen molar-refractivity contribution in [1.29, 1.82) is 0 Å². The van der Waals surface area contributed by atoms with Gasteiger partial charge in [-0.05, 0) is 30.7 Å². The minimum Gasteiger partial charge on any atom is -0.360 e. The summed E-state index contributed by atoms with van der Waals surface area (Å²) in [5.74, 6) is 0.0168. The molecule has 0 unspecified atom stereocenters. The summed E-state index contributed by atoms with van der Waals surface area (Å²) in [5.41, 5.74) is 1.58. The van der Waals surface area contributed by atoms with Gasteiger partial charge >= 0.3 is 5.69 Å². The normalized spacial score (nSPS) is 10.3. The van der Waals surface area contributed by atoms with Gasteiger partial charge in [0.1, 0.15) is 6.33 Å². The van der Waals surface area contributed by atoms with Gasteiger partial charge in [-0.2, -0.15) is 0 Å². The van der Waals surface area contributed by atoms with E-state index in [1.807, 2.05) is 6.07 Å². The lowest BCUT2D eigenvalue weighted by Gasteiger charge is -2.10. The van der Waals surface area contributed by atoms with Crippen LogP contribution in [0.3, 0.4) is 0 Å². The first-order chi connectivity index (χ1) is 13.0. The van der Waals surface area contributed by atoms with Gasteiger partial charge in [-0.15, -0.1) is 0 Å². The Labute approximate surface area is 154 Å². The Bertz CT molecular complexity index is 978. The van der Waals surface area contributed by atoms with Gasteiger partial charge in [0.25, 0.3) is 0 Å². The van der Waals surface area contributed by atoms with E-state index in [2.05, 4.69) is 25.6 Å². The number of Topliss-reactive ketones (excluding diaryl/α,β-unsaturated/α-hetero) is 1. The van der Waals surface area contributed by atoms with Gasteiger partial charge < -0.3 is 10.6 Å². The Hall–Kier alpha value is -3.88. The highest BCUT2D eigenvalue weighted by atomic mass is 16.6. The number of carbonyl (C=O) groups is 1. The first-order valence-electron chi connectivity index (χ1n) is 8.05. The van der Waals surface area contributed by atoms with Crippen molar-refractivity contribution >= 4 is 28.8 Å². The number of rotatable bonds is 7. The fourth-order valence-corrected chi connectivity index (χ4v) is 2.41. The van der Waals surface area contributed by atoms with E-state index >= 15 is 0 Å². The largest absolute Gasteiger partial charge is 0.360 e. The molecule has 3 aromatic rings. The van der Waals surface area contributed by atoms with Gasteiger partial charge in [-0.1, -0.05) is 18.2 Å². The number of nitro groups is 1. The van der Waals surface area contributed by atoms with Crippen molar-refractivity contribution in [2.75, 3.05) is 10.6 Å². The number of hydrogen-bond donors (Lipinski definition) is 2. The van der Waals surface area contributed by atoms with Gasteiger partial charge in [0.15, 0.2) is 5.78 Å². The molecule has 0 aliphatic carbocycles. The zero-order valence-electron chi connectivity index (χ0n) is 14.4. The van der Waals surface area contributed by atoms with E-state index in [9.17, 15) is 14.9 Å². The molecule has 0 bridgehead atoms.